The number of ketones is 6. The molecule has 24 atom stereocenters. The maximum Gasteiger partial charge on any atom is 0.235 e. The summed E-state index contributed by atoms with van der Waals surface area (Å²) in [6, 6.07) is 2.69. The van der Waals surface area contributed by atoms with Gasteiger partial charge in [-0.25, -0.2) is 19.5 Å². The SMILES string of the molecule is [C-]#[N+]C1=C[C@]2(C)C3=CC(=O)C4C5CC(C)(C)CCC5[C@@H](C#N)C[C@@]4(C)[C@]3(C)CC[C@H]2C(C)(C)C1=O.[C-]#[N+]C1=C[C@]2(C)C3=CC(=O)C4C5CC(C)(C)CCC5[C@@H](C(=O)NCC)C[C@@]4(C)[C@]3(C)CC[C@H]2C(C)(C)C1=O.[C-]#[N+]C1=C[C@]2(C)C3=CC(=O)C4C5CC(C)(C)CCC5[C@@H](C(=O)n5ccnc5)C[C@@]4(C)[C@]3(C)CC[C@H]2C(C)(C)C1=O. The lowest BCUT2D eigenvalue weighted by Crippen LogP contribution is -2.65. The van der Waals surface area contributed by atoms with E-state index in [0.717, 1.165) is 119 Å². The van der Waals surface area contributed by atoms with Crippen molar-refractivity contribution in [3.63, 3.8) is 0 Å². The largest absolute Gasteiger partial charge is 0.356 e. The summed E-state index contributed by atoms with van der Waals surface area (Å²) in [6.07, 6.45) is 33.2. The van der Waals surface area contributed by atoms with E-state index >= 15 is 0 Å². The van der Waals surface area contributed by atoms with Gasteiger partial charge in [-0.15, -0.1) is 0 Å². The third-order valence-corrected chi connectivity index (χ3v) is 37.0. The van der Waals surface area contributed by atoms with Gasteiger partial charge in [-0.05, 0) is 243 Å². The predicted octanol–water partition coefficient (Wildman–Crippen LogP) is 20.4. The molecular weight excluding hydrogens is 1400 g/mol. The molecule has 113 heavy (non-hydrogen) atoms. The van der Waals surface area contributed by atoms with Crippen molar-refractivity contribution in [2.75, 3.05) is 6.54 Å². The lowest BCUT2D eigenvalue weighted by Gasteiger charge is -2.68. The highest BCUT2D eigenvalue weighted by Crippen LogP contribution is 2.78. The summed E-state index contributed by atoms with van der Waals surface area (Å²) >= 11 is 0. The van der Waals surface area contributed by atoms with Crippen molar-refractivity contribution in [2.45, 2.75) is 268 Å². The average Bonchev–Trinajstić information content (AvgIpc) is 0.831. The van der Waals surface area contributed by atoms with Gasteiger partial charge in [0.15, 0.2) is 34.7 Å². The van der Waals surface area contributed by atoms with Gasteiger partial charge in [0.2, 0.25) is 28.9 Å². The van der Waals surface area contributed by atoms with Gasteiger partial charge in [0.1, 0.15) is 6.33 Å². The topological polar surface area (TPSA) is 203 Å². The maximum atomic E-state index is 14.5. The number of imidazole rings is 1. The van der Waals surface area contributed by atoms with E-state index in [1.165, 1.54) is 0 Å². The Morgan fingerprint density at radius 2 is 0.788 bits per heavy atom. The molecule has 9 saturated carbocycles. The molecule has 604 valence electrons. The molecule has 16 rings (SSSR count). The number of amides is 1. The first-order valence-corrected chi connectivity index (χ1v) is 43.3. The van der Waals surface area contributed by atoms with Crippen LogP contribution in [0.4, 0.5) is 0 Å². The molecule has 15 aliphatic carbocycles. The molecule has 1 amide bonds. The first-order chi connectivity index (χ1) is 52.3. The number of hydrogen-bond acceptors (Lipinski definition) is 10. The standard InChI is InChI=1S/C34H43N3O3.C33H46N2O3.C31H40N2O2/c1-30(2)11-9-20-21(16-30)27-24(38)15-26-32(5)18-23(35-8)28(39)31(3,4)25(32)10-12-33(26,6)34(27,7)17-22(20)29(40)37-14-13-36-19-37;1-10-35-28(38)21-17-33(8)26(20-16-29(2,3)13-11-19(20)21)23(36)15-25-31(6)18-22(34-9)27(37)30(4,5)24(31)12-14-32(25,33)7;1-27(2)11-9-19-18(17-32)14-31(7)25(20(19)15-27)22(34)13-24-29(5)16-21(33-8)26(35)28(3,4)23(29)10-12-30(24,31)6/h13-15,18-22,25,27H,9-12,16-17H2,1-7H3;15,18-21,24,26H,10-14,16-17H2,1-8H3,(H,35,38);13,16,18-20,23,25H,9-12,14-15H2,1-7H3/t20?,21?,22-,25-,27?,32-,33+,34+;19?,20?,21-,24-,26?,31-,32+,33+;18-,19?,20?,23+,25?,29+,30-,31-/m001/s1. The van der Waals surface area contributed by atoms with E-state index in [-0.39, 0.29) is 190 Å². The number of nitrogens with one attached hydrogen (secondary N) is 1. The summed E-state index contributed by atoms with van der Waals surface area (Å²) in [5.74, 6) is 1.42. The van der Waals surface area contributed by atoms with Crippen molar-refractivity contribution in [3.8, 4) is 6.07 Å². The van der Waals surface area contributed by atoms with Gasteiger partial charge in [0.05, 0.1) is 31.7 Å². The van der Waals surface area contributed by atoms with Crippen molar-refractivity contribution in [2.24, 2.45) is 170 Å². The van der Waals surface area contributed by atoms with Gasteiger partial charge in [0, 0.05) is 81.0 Å². The maximum absolute atomic E-state index is 14.5. The Hall–Kier alpha value is -7.23. The zero-order valence-electron chi connectivity index (χ0n) is 72.2. The van der Waals surface area contributed by atoms with Crippen molar-refractivity contribution in [3.05, 3.63) is 123 Å². The highest BCUT2D eigenvalue weighted by molar-refractivity contribution is 6.05. The lowest BCUT2D eigenvalue weighted by atomic mass is 9.35. The van der Waals surface area contributed by atoms with Crippen LogP contribution in [0, 0.1) is 201 Å². The molecule has 9 fully saturated rings. The predicted molar refractivity (Wildman–Crippen MR) is 437 cm³/mol. The van der Waals surface area contributed by atoms with Crippen LogP contribution in [0.3, 0.4) is 0 Å². The number of Topliss-reactive ketones (excluding diaryl/α,β-unsaturated/α-hetero) is 3. The van der Waals surface area contributed by atoms with Crippen LogP contribution in [0.15, 0.2) is 89.0 Å². The number of allylic oxidation sites excluding steroid dienone is 12. The summed E-state index contributed by atoms with van der Waals surface area (Å²) in [7, 11) is 0. The monoisotopic (exact) mass is 1530 g/mol. The smallest absolute Gasteiger partial charge is 0.235 e. The Balaban J connectivity index is 0.000000141. The fourth-order valence-corrected chi connectivity index (χ4v) is 31.1. The highest BCUT2D eigenvalue weighted by Gasteiger charge is 2.74. The molecule has 15 nitrogen and oxygen atoms in total. The first kappa shape index (κ1) is 82.3. The summed E-state index contributed by atoms with van der Waals surface area (Å²) in [5, 5.41) is 13.4. The molecular formula is C98H129N7O8. The minimum atomic E-state index is -0.683. The summed E-state index contributed by atoms with van der Waals surface area (Å²) in [4.78, 5) is 126. The highest BCUT2D eigenvalue weighted by atomic mass is 16.2. The number of aromatic nitrogens is 2. The molecule has 1 aromatic rings. The Labute approximate surface area is 675 Å². The van der Waals surface area contributed by atoms with Crippen LogP contribution in [0.5, 0.6) is 0 Å². The Morgan fingerprint density at radius 3 is 1.12 bits per heavy atom. The molecule has 15 aliphatic rings. The summed E-state index contributed by atoms with van der Waals surface area (Å²) in [6.45, 7) is 72.0. The molecule has 0 radical (unpaired) electrons. The van der Waals surface area contributed by atoms with Crippen LogP contribution in [0.2, 0.25) is 0 Å². The second kappa shape index (κ2) is 26.4. The number of nitrogens with zero attached hydrogens (tertiary/aromatic N) is 6. The quantitative estimate of drug-likeness (QED) is 0.284. The second-order valence-electron chi connectivity index (χ2n) is 45.2. The van der Waals surface area contributed by atoms with Crippen molar-refractivity contribution >= 4 is 46.5 Å². The number of fused-ring (bicyclic) bond motifs is 21. The molecule has 15 heteroatoms. The van der Waals surface area contributed by atoms with E-state index in [1.807, 2.05) is 84.9 Å². The van der Waals surface area contributed by atoms with Gasteiger partial charge in [-0.3, -0.25) is 28.5 Å². The summed E-state index contributed by atoms with van der Waals surface area (Å²) < 4.78 is 1.65. The van der Waals surface area contributed by atoms with Gasteiger partial charge in [0.25, 0.3) is 0 Å². The zero-order valence-corrected chi connectivity index (χ0v) is 72.2. The first-order valence-electron chi connectivity index (χ1n) is 43.3. The van der Waals surface area contributed by atoms with Crippen LogP contribution in [0.25, 0.3) is 14.5 Å². The second-order valence-corrected chi connectivity index (χ2v) is 45.2. The van der Waals surface area contributed by atoms with E-state index in [4.69, 9.17) is 19.7 Å². The minimum Gasteiger partial charge on any atom is -0.356 e. The molecule has 1 aromatic heterocycles. The van der Waals surface area contributed by atoms with Crippen molar-refractivity contribution in [1.29, 1.82) is 5.26 Å². The molecule has 0 spiro atoms. The molecule has 1 heterocycles. The van der Waals surface area contributed by atoms with Crippen LogP contribution < -0.4 is 5.32 Å². The van der Waals surface area contributed by atoms with Crippen LogP contribution in [0.1, 0.15) is 273 Å². The minimum absolute atomic E-state index is 0.0126. The zero-order chi connectivity index (χ0) is 82.9. The molecule has 0 bridgehead atoms. The molecule has 0 aromatic carbocycles. The number of carbonyl (C=O) groups excluding carboxylic acids is 8. The van der Waals surface area contributed by atoms with Crippen molar-refractivity contribution < 1.29 is 38.4 Å². The Kier molecular flexibility index (Phi) is 19.2. The third kappa shape index (κ3) is 11.5. The van der Waals surface area contributed by atoms with Crippen LogP contribution in [-0.2, 0) is 33.6 Å². The van der Waals surface area contributed by atoms with E-state index in [0.29, 0.717) is 25.3 Å². The lowest BCUT2D eigenvalue weighted by molar-refractivity contribution is -0.170. The number of nitriles is 1. The fourth-order valence-electron chi connectivity index (χ4n) is 31.1. The van der Waals surface area contributed by atoms with Crippen LogP contribution in [-0.4, -0.2) is 62.6 Å². The van der Waals surface area contributed by atoms with Gasteiger partial charge < -0.3 is 19.7 Å². The Morgan fingerprint density at radius 1 is 0.460 bits per heavy atom. The van der Waals surface area contributed by atoms with Gasteiger partial charge >= 0.3 is 0 Å². The van der Waals surface area contributed by atoms with Gasteiger partial charge in [-0.2, -0.15) is 5.26 Å². The fraction of sp³-hybridized carbons (Fsp3) is 0.724. The molecule has 0 aliphatic heterocycles. The normalized spacial score (nSPS) is 45.1. The number of hydrogen-bond donors (Lipinski definition) is 1. The van der Waals surface area contributed by atoms with E-state index in [1.54, 1.807) is 23.3 Å². The van der Waals surface area contributed by atoms with E-state index in [2.05, 4.69) is 135 Å². The molecule has 9 unspecified atom stereocenters. The van der Waals surface area contributed by atoms with E-state index < -0.39 is 37.9 Å². The van der Waals surface area contributed by atoms with Crippen molar-refractivity contribution in [1.82, 2.24) is 14.9 Å². The van der Waals surface area contributed by atoms with Crippen LogP contribution >= 0.6 is 0 Å². The molecule has 0 saturated heterocycles. The average molecular weight is 1530 g/mol. The third-order valence-electron chi connectivity index (χ3n) is 37.0. The summed E-state index contributed by atoms with van der Waals surface area (Å²) in [5.41, 5.74) is -1.26. The molecule has 1 N–H and O–H groups in total. The van der Waals surface area contributed by atoms with E-state index in [9.17, 15) is 43.6 Å². The number of carbonyl (C=O) groups is 8. The van der Waals surface area contributed by atoms with Gasteiger partial charge in [-0.1, -0.05) is 180 Å². The Bertz CT molecular complexity index is 4690. The number of rotatable bonds is 3.